The topological polar surface area (TPSA) is 125 Å². The van der Waals surface area contributed by atoms with E-state index in [2.05, 4.69) is 43.5 Å². The fourth-order valence-electron chi connectivity index (χ4n) is 5.69. The Labute approximate surface area is 307 Å². The number of phosphoric acid groups is 1. The van der Waals surface area contributed by atoms with Crippen molar-refractivity contribution in [3.05, 3.63) is 24.3 Å². The molecule has 0 bridgehead atoms. The number of carbonyl (C=O) groups excluding carboxylic acids is 1. The number of rotatable bonds is 36. The van der Waals surface area contributed by atoms with Gasteiger partial charge in [-0.2, -0.15) is 0 Å². The van der Waals surface area contributed by atoms with Gasteiger partial charge < -0.3 is 24.9 Å². The van der Waals surface area contributed by atoms with Crippen LogP contribution in [0.4, 0.5) is 0 Å². The second kappa shape index (κ2) is 32.6. The van der Waals surface area contributed by atoms with Crippen molar-refractivity contribution < 1.29 is 38.0 Å². The van der Waals surface area contributed by atoms with Crippen molar-refractivity contribution in [3.8, 4) is 0 Å². The second-order valence-corrected chi connectivity index (χ2v) is 16.6. The molecular weight excluding hydrogens is 651 g/mol. The summed E-state index contributed by atoms with van der Waals surface area (Å²) in [7, 11) is 1.42. The van der Waals surface area contributed by atoms with Crippen molar-refractivity contribution in [2.45, 2.75) is 186 Å². The predicted octanol–water partition coefficient (Wildman–Crippen LogP) is 9.55. The molecule has 9 nitrogen and oxygen atoms in total. The molecule has 0 aliphatic carbocycles. The third-order valence-electron chi connectivity index (χ3n) is 9.04. The molecule has 0 radical (unpaired) electrons. The summed E-state index contributed by atoms with van der Waals surface area (Å²) in [5.41, 5.74) is 0. The molecule has 0 aromatic rings. The summed E-state index contributed by atoms with van der Waals surface area (Å²) in [6.45, 7) is 4.53. The molecule has 0 aliphatic heterocycles. The fraction of sp³-hybridized carbons (Fsp3) is 0.875. The first-order chi connectivity index (χ1) is 23.9. The van der Waals surface area contributed by atoms with E-state index >= 15 is 0 Å². The van der Waals surface area contributed by atoms with Crippen LogP contribution < -0.4 is 5.32 Å². The van der Waals surface area contributed by atoms with E-state index < -0.39 is 32.7 Å². The molecule has 0 saturated carbocycles. The van der Waals surface area contributed by atoms with Crippen LogP contribution in [0.1, 0.15) is 168 Å². The maximum absolute atomic E-state index is 12.8. The summed E-state index contributed by atoms with van der Waals surface area (Å²) in [6.07, 6.45) is 32.3. The van der Waals surface area contributed by atoms with Crippen LogP contribution in [0.5, 0.6) is 0 Å². The van der Waals surface area contributed by atoms with Gasteiger partial charge in [0, 0.05) is 6.42 Å². The standard InChI is InChI=1S/C40H79N2O7P/c1-6-8-10-12-14-16-18-20-21-23-25-27-29-31-33-39(44)41-37(36-49-50(46,47)48-35-34-42(3,4)5)40(45)38(43)32-30-28-26-24-22-19-17-15-13-11-9-7-2/h12,14,18,20,37-38,40,43,45H,6-11,13,15-17,19,21-36H2,1-5H3,(H-,41,44,46,47)/p+1/b14-12-,20-18-. The summed E-state index contributed by atoms with van der Waals surface area (Å²) in [6, 6.07) is -1.04. The summed E-state index contributed by atoms with van der Waals surface area (Å²) in [5, 5.41) is 24.6. The minimum absolute atomic E-state index is 0.0190. The van der Waals surface area contributed by atoms with E-state index in [9.17, 15) is 24.5 Å². The Hall–Kier alpha value is -1.06. The van der Waals surface area contributed by atoms with Crippen LogP contribution in [0.3, 0.4) is 0 Å². The molecule has 1 amide bonds. The van der Waals surface area contributed by atoms with Gasteiger partial charge in [0.2, 0.25) is 5.91 Å². The molecule has 0 rings (SSSR count). The first-order valence-electron chi connectivity index (χ1n) is 20.3. The van der Waals surface area contributed by atoms with Gasteiger partial charge >= 0.3 is 7.82 Å². The van der Waals surface area contributed by atoms with E-state index in [0.29, 0.717) is 23.9 Å². The molecule has 0 saturated heterocycles. The molecule has 0 aromatic heterocycles. The zero-order valence-corrected chi connectivity index (χ0v) is 33.9. The number of quaternary nitrogens is 1. The zero-order chi connectivity index (χ0) is 37.4. The number of nitrogens with zero attached hydrogens (tertiary/aromatic N) is 1. The largest absolute Gasteiger partial charge is 0.472 e. The lowest BCUT2D eigenvalue weighted by molar-refractivity contribution is -0.870. The number of hydrogen-bond donors (Lipinski definition) is 4. The molecule has 4 atom stereocenters. The monoisotopic (exact) mass is 732 g/mol. The van der Waals surface area contributed by atoms with Gasteiger partial charge in [-0.25, -0.2) is 4.57 Å². The van der Waals surface area contributed by atoms with Crippen LogP contribution in [0, 0.1) is 0 Å². The van der Waals surface area contributed by atoms with Crippen LogP contribution >= 0.6 is 7.82 Å². The molecule has 10 heteroatoms. The average Bonchev–Trinajstić information content (AvgIpc) is 3.06. The first-order valence-corrected chi connectivity index (χ1v) is 21.8. The van der Waals surface area contributed by atoms with Gasteiger partial charge in [0.05, 0.1) is 39.9 Å². The quantitative estimate of drug-likeness (QED) is 0.0219. The molecule has 4 unspecified atom stereocenters. The van der Waals surface area contributed by atoms with Crippen molar-refractivity contribution >= 4 is 13.7 Å². The summed E-state index contributed by atoms with van der Waals surface area (Å²) >= 11 is 0. The van der Waals surface area contributed by atoms with Gasteiger partial charge in [0.1, 0.15) is 19.3 Å². The highest BCUT2D eigenvalue weighted by Gasteiger charge is 2.31. The lowest BCUT2D eigenvalue weighted by Crippen LogP contribution is -2.51. The van der Waals surface area contributed by atoms with E-state index in [-0.39, 0.29) is 18.9 Å². The predicted molar refractivity (Wildman–Crippen MR) is 209 cm³/mol. The lowest BCUT2D eigenvalue weighted by atomic mass is 9.99. The summed E-state index contributed by atoms with van der Waals surface area (Å²) < 4.78 is 23.4. The number of likely N-dealkylation sites (N-methyl/N-ethyl adjacent to an activating group) is 1. The van der Waals surface area contributed by atoms with Crippen molar-refractivity contribution in [3.63, 3.8) is 0 Å². The van der Waals surface area contributed by atoms with Gasteiger partial charge in [-0.1, -0.05) is 147 Å². The van der Waals surface area contributed by atoms with E-state index in [1.807, 2.05) is 21.1 Å². The fourth-order valence-corrected chi connectivity index (χ4v) is 6.42. The van der Waals surface area contributed by atoms with Crippen molar-refractivity contribution in [1.82, 2.24) is 5.32 Å². The minimum Gasteiger partial charge on any atom is -0.390 e. The molecule has 4 N–H and O–H groups in total. The Morgan fingerprint density at radius 1 is 0.700 bits per heavy atom. The van der Waals surface area contributed by atoms with Gasteiger partial charge in [-0.05, 0) is 38.5 Å². The number of nitrogens with one attached hydrogen (secondary N) is 1. The van der Waals surface area contributed by atoms with Gasteiger partial charge in [0.25, 0.3) is 0 Å². The number of amides is 1. The number of unbranched alkanes of at least 4 members (excludes halogenated alkanes) is 18. The Morgan fingerprint density at radius 3 is 1.76 bits per heavy atom. The Morgan fingerprint density at radius 2 is 1.20 bits per heavy atom. The molecule has 0 aromatic carbocycles. The third-order valence-corrected chi connectivity index (χ3v) is 10.0. The van der Waals surface area contributed by atoms with Crippen molar-refractivity contribution in [2.24, 2.45) is 0 Å². The molecule has 0 spiro atoms. The van der Waals surface area contributed by atoms with E-state index in [1.54, 1.807) is 0 Å². The maximum atomic E-state index is 12.8. The summed E-state index contributed by atoms with van der Waals surface area (Å²) in [4.78, 5) is 23.1. The zero-order valence-electron chi connectivity index (χ0n) is 33.0. The number of allylic oxidation sites excluding steroid dienone is 4. The van der Waals surface area contributed by atoms with E-state index in [1.165, 1.54) is 70.6 Å². The third kappa shape index (κ3) is 32.8. The van der Waals surface area contributed by atoms with Gasteiger partial charge in [-0.15, -0.1) is 0 Å². The van der Waals surface area contributed by atoms with Gasteiger partial charge in [0.15, 0.2) is 0 Å². The SMILES string of the molecule is CCCC/C=C\C/C=C\CCCCCCCC(=O)NC(COP(=O)(O)OCC[N+](C)(C)C)C(O)C(O)CCCCCCCCCCCCCC. The smallest absolute Gasteiger partial charge is 0.390 e. The van der Waals surface area contributed by atoms with Crippen LogP contribution in [0.25, 0.3) is 0 Å². The number of phosphoric ester groups is 1. The molecule has 0 heterocycles. The van der Waals surface area contributed by atoms with E-state index in [4.69, 9.17) is 9.05 Å². The van der Waals surface area contributed by atoms with Crippen LogP contribution in [0.15, 0.2) is 24.3 Å². The Bertz CT molecular complexity index is 893. The van der Waals surface area contributed by atoms with Crippen molar-refractivity contribution in [2.75, 3.05) is 40.9 Å². The Balaban J connectivity index is 4.61. The molecule has 0 fully saturated rings. The first kappa shape index (κ1) is 48.9. The highest BCUT2D eigenvalue weighted by atomic mass is 31.2. The molecular formula is C40H80N2O7P+. The molecule has 50 heavy (non-hydrogen) atoms. The number of carbonyl (C=O) groups is 1. The number of hydrogen-bond acceptors (Lipinski definition) is 6. The molecule has 296 valence electrons. The van der Waals surface area contributed by atoms with Crippen LogP contribution in [-0.2, 0) is 18.4 Å². The van der Waals surface area contributed by atoms with Gasteiger partial charge in [-0.3, -0.25) is 13.8 Å². The maximum Gasteiger partial charge on any atom is 0.472 e. The normalized spacial score (nSPS) is 15.4. The number of aliphatic hydroxyl groups is 2. The summed E-state index contributed by atoms with van der Waals surface area (Å²) in [5.74, 6) is -0.274. The Kier molecular flexibility index (Phi) is 31.9. The molecule has 0 aliphatic rings. The number of aliphatic hydroxyl groups excluding tert-OH is 2. The average molecular weight is 732 g/mol. The van der Waals surface area contributed by atoms with Crippen LogP contribution in [0.2, 0.25) is 0 Å². The highest BCUT2D eigenvalue weighted by molar-refractivity contribution is 7.47. The minimum atomic E-state index is -4.41. The second-order valence-electron chi connectivity index (χ2n) is 15.1. The van der Waals surface area contributed by atoms with Crippen LogP contribution in [-0.4, -0.2) is 84.6 Å². The van der Waals surface area contributed by atoms with Crippen molar-refractivity contribution in [1.29, 1.82) is 0 Å². The van der Waals surface area contributed by atoms with E-state index in [0.717, 1.165) is 64.2 Å². The lowest BCUT2D eigenvalue weighted by Gasteiger charge is -2.28. The highest BCUT2D eigenvalue weighted by Crippen LogP contribution is 2.43.